The monoisotopic (exact) mass is 296 g/mol. The van der Waals surface area contributed by atoms with Gasteiger partial charge in [-0.25, -0.2) is 0 Å². The van der Waals surface area contributed by atoms with Crippen molar-refractivity contribution in [1.29, 1.82) is 0 Å². The maximum absolute atomic E-state index is 12.9. The summed E-state index contributed by atoms with van der Waals surface area (Å²) >= 11 is 0. The second-order valence-electron chi connectivity index (χ2n) is 7.53. The predicted molar refractivity (Wildman–Crippen MR) is 80.7 cm³/mol. The van der Waals surface area contributed by atoms with Crippen LogP contribution in [0.2, 0.25) is 0 Å². The van der Waals surface area contributed by atoms with Crippen molar-refractivity contribution in [3.05, 3.63) is 0 Å². The van der Waals surface area contributed by atoms with E-state index in [4.69, 9.17) is 4.74 Å². The molecule has 0 spiro atoms. The van der Waals surface area contributed by atoms with Crippen molar-refractivity contribution in [2.45, 2.75) is 58.5 Å². The number of rotatable bonds is 5. The maximum atomic E-state index is 12.9. The van der Waals surface area contributed by atoms with Crippen molar-refractivity contribution in [2.24, 2.45) is 11.3 Å². The lowest BCUT2D eigenvalue weighted by atomic mass is 9.80. The second kappa shape index (κ2) is 5.59. The first-order chi connectivity index (χ1) is 9.72. The van der Waals surface area contributed by atoms with E-state index >= 15 is 0 Å². The van der Waals surface area contributed by atoms with E-state index in [-0.39, 0.29) is 17.2 Å². The lowest BCUT2D eigenvalue weighted by Gasteiger charge is -2.49. The van der Waals surface area contributed by atoms with Crippen molar-refractivity contribution in [3.63, 3.8) is 0 Å². The zero-order valence-corrected chi connectivity index (χ0v) is 13.9. The Morgan fingerprint density at radius 3 is 2.43 bits per heavy atom. The van der Waals surface area contributed by atoms with E-state index in [1.165, 1.54) is 0 Å². The predicted octanol–water partition coefficient (Wildman–Crippen LogP) is 1.56. The average Bonchev–Trinajstić information content (AvgIpc) is 3.21. The number of amides is 2. The minimum atomic E-state index is -0.688. The first kappa shape index (κ1) is 16.3. The maximum Gasteiger partial charge on any atom is 0.246 e. The third-order valence-corrected chi connectivity index (χ3v) is 4.78. The van der Waals surface area contributed by atoms with Crippen molar-refractivity contribution in [3.8, 4) is 0 Å². The summed E-state index contributed by atoms with van der Waals surface area (Å²) < 4.78 is 5.09. The van der Waals surface area contributed by atoms with Crippen molar-refractivity contribution in [1.82, 2.24) is 10.2 Å². The van der Waals surface area contributed by atoms with Crippen molar-refractivity contribution >= 4 is 11.8 Å². The van der Waals surface area contributed by atoms with Crippen LogP contribution in [0.3, 0.4) is 0 Å². The molecule has 1 N–H and O–H groups in total. The normalized spacial score (nSPS) is 30.5. The highest BCUT2D eigenvalue weighted by molar-refractivity contribution is 6.00. The molecule has 2 amide bonds. The Balaban J connectivity index is 2.26. The van der Waals surface area contributed by atoms with Crippen LogP contribution < -0.4 is 5.32 Å². The summed E-state index contributed by atoms with van der Waals surface area (Å²) in [6.07, 6.45) is 2.81. The van der Waals surface area contributed by atoms with Gasteiger partial charge < -0.3 is 15.0 Å². The van der Waals surface area contributed by atoms with Gasteiger partial charge in [0.15, 0.2) is 0 Å². The van der Waals surface area contributed by atoms with Crippen LogP contribution in [0.1, 0.15) is 47.0 Å². The molecule has 0 bridgehead atoms. The Labute approximate surface area is 127 Å². The highest BCUT2D eigenvalue weighted by atomic mass is 16.5. The smallest absolute Gasteiger partial charge is 0.246 e. The molecule has 120 valence electrons. The zero-order chi connectivity index (χ0) is 15.8. The van der Waals surface area contributed by atoms with Crippen LogP contribution in [0, 0.1) is 11.3 Å². The number of carbonyl (C=O) groups excluding carboxylic acids is 2. The minimum Gasteiger partial charge on any atom is -0.385 e. The quantitative estimate of drug-likeness (QED) is 0.783. The Bertz CT molecular complexity index is 426. The number of nitrogens with one attached hydrogen (secondary N) is 1. The molecule has 2 aliphatic rings. The van der Waals surface area contributed by atoms with E-state index in [0.717, 1.165) is 19.3 Å². The van der Waals surface area contributed by atoms with E-state index < -0.39 is 11.6 Å². The molecule has 5 heteroatoms. The van der Waals surface area contributed by atoms with Crippen LogP contribution >= 0.6 is 0 Å². The summed E-state index contributed by atoms with van der Waals surface area (Å²) in [7, 11) is 1.66. The highest BCUT2D eigenvalue weighted by Gasteiger charge is 2.58. The molecule has 1 aliphatic carbocycles. The van der Waals surface area contributed by atoms with Crippen LogP contribution in [0.15, 0.2) is 0 Å². The first-order valence-electron chi connectivity index (χ1n) is 7.84. The van der Waals surface area contributed by atoms with Crippen LogP contribution in [-0.2, 0) is 14.3 Å². The minimum absolute atomic E-state index is 0.00180. The zero-order valence-electron chi connectivity index (χ0n) is 13.9. The topological polar surface area (TPSA) is 58.6 Å². The second-order valence-corrected chi connectivity index (χ2v) is 7.53. The Morgan fingerprint density at radius 2 is 1.95 bits per heavy atom. The summed E-state index contributed by atoms with van der Waals surface area (Å²) in [5.74, 6) is 0.347. The van der Waals surface area contributed by atoms with E-state index in [1.54, 1.807) is 7.11 Å². The number of nitrogens with zero attached hydrogens (tertiary/aromatic N) is 1. The van der Waals surface area contributed by atoms with Gasteiger partial charge in [0.2, 0.25) is 11.8 Å². The largest absolute Gasteiger partial charge is 0.385 e. The van der Waals surface area contributed by atoms with Crippen LogP contribution in [0.5, 0.6) is 0 Å². The Kier molecular flexibility index (Phi) is 4.34. The van der Waals surface area contributed by atoms with Gasteiger partial charge in [0, 0.05) is 20.3 Å². The number of hydrogen-bond donors (Lipinski definition) is 1. The SMILES string of the molecule is COCCCN1C(=O)C(C(C)(C)C)NC(=O)C1(C)C1CC1. The summed E-state index contributed by atoms with van der Waals surface area (Å²) in [6, 6.07) is -0.445. The molecule has 2 atom stereocenters. The molecule has 1 heterocycles. The molecule has 0 radical (unpaired) electrons. The fourth-order valence-electron chi connectivity index (χ4n) is 3.19. The van der Waals surface area contributed by atoms with Gasteiger partial charge in [-0.1, -0.05) is 20.8 Å². The molecule has 0 aromatic heterocycles. The molecule has 5 nitrogen and oxygen atoms in total. The molecule has 2 fully saturated rings. The summed E-state index contributed by atoms with van der Waals surface area (Å²) in [6.45, 7) is 9.07. The molecule has 0 aromatic carbocycles. The number of piperazine rings is 1. The van der Waals surface area contributed by atoms with Crippen LogP contribution in [0.25, 0.3) is 0 Å². The van der Waals surface area contributed by atoms with Gasteiger partial charge in [0.05, 0.1) is 0 Å². The van der Waals surface area contributed by atoms with Gasteiger partial charge in [-0.05, 0) is 37.5 Å². The van der Waals surface area contributed by atoms with Gasteiger partial charge in [-0.15, -0.1) is 0 Å². The molecular formula is C16H28N2O3. The molecule has 1 saturated carbocycles. The third-order valence-electron chi connectivity index (χ3n) is 4.78. The molecule has 2 rings (SSSR count). The number of hydrogen-bond acceptors (Lipinski definition) is 3. The molecule has 1 aliphatic heterocycles. The number of ether oxygens (including phenoxy) is 1. The average molecular weight is 296 g/mol. The van der Waals surface area contributed by atoms with Crippen LogP contribution in [-0.4, -0.2) is 48.6 Å². The third kappa shape index (κ3) is 2.93. The van der Waals surface area contributed by atoms with Gasteiger partial charge in [-0.2, -0.15) is 0 Å². The lowest BCUT2D eigenvalue weighted by Crippen LogP contribution is -2.72. The first-order valence-corrected chi connectivity index (χ1v) is 7.84. The van der Waals surface area contributed by atoms with E-state index in [0.29, 0.717) is 19.1 Å². The summed E-state index contributed by atoms with van der Waals surface area (Å²) in [5, 5.41) is 2.98. The Hall–Kier alpha value is -1.10. The van der Waals surface area contributed by atoms with Gasteiger partial charge >= 0.3 is 0 Å². The lowest BCUT2D eigenvalue weighted by molar-refractivity contribution is -0.161. The molecule has 0 aromatic rings. The summed E-state index contributed by atoms with van der Waals surface area (Å²) in [4.78, 5) is 27.5. The number of carbonyl (C=O) groups is 2. The van der Waals surface area contributed by atoms with Gasteiger partial charge in [0.25, 0.3) is 0 Å². The summed E-state index contributed by atoms with van der Waals surface area (Å²) in [5.41, 5.74) is -0.969. The molecule has 1 saturated heterocycles. The van der Waals surface area contributed by atoms with Gasteiger partial charge in [-0.3, -0.25) is 9.59 Å². The molecular weight excluding hydrogens is 268 g/mol. The van der Waals surface area contributed by atoms with E-state index in [1.807, 2.05) is 32.6 Å². The van der Waals surface area contributed by atoms with E-state index in [2.05, 4.69) is 5.32 Å². The standard InChI is InChI=1S/C16H28N2O3/c1-15(2,3)12-13(19)18(9-6-10-21-5)16(4,11-7-8-11)14(20)17-12/h11-12H,6-10H2,1-5H3,(H,17,20). The highest BCUT2D eigenvalue weighted by Crippen LogP contribution is 2.45. The van der Waals surface area contributed by atoms with Gasteiger partial charge in [0.1, 0.15) is 11.6 Å². The van der Waals surface area contributed by atoms with Crippen molar-refractivity contribution in [2.75, 3.05) is 20.3 Å². The Morgan fingerprint density at radius 1 is 1.33 bits per heavy atom. The van der Waals surface area contributed by atoms with E-state index in [9.17, 15) is 9.59 Å². The number of methoxy groups -OCH3 is 1. The molecule has 2 unspecified atom stereocenters. The van der Waals surface area contributed by atoms with Crippen molar-refractivity contribution < 1.29 is 14.3 Å². The van der Waals surface area contributed by atoms with Crippen LogP contribution in [0.4, 0.5) is 0 Å². The fourth-order valence-corrected chi connectivity index (χ4v) is 3.19. The molecule has 21 heavy (non-hydrogen) atoms. The fraction of sp³-hybridized carbons (Fsp3) is 0.875.